The maximum absolute atomic E-state index is 5.81. The summed E-state index contributed by atoms with van der Waals surface area (Å²) in [5, 5.41) is 3.50. The molecule has 1 aromatic carbocycles. The molecule has 1 N–H and O–H groups in total. The lowest BCUT2D eigenvalue weighted by molar-refractivity contribution is 0.0631. The summed E-state index contributed by atoms with van der Waals surface area (Å²) < 4.78 is 5.81. The molecule has 0 bridgehead atoms. The van der Waals surface area contributed by atoms with Crippen molar-refractivity contribution >= 4 is 0 Å². The molecule has 0 aromatic heterocycles. The van der Waals surface area contributed by atoms with Gasteiger partial charge in [0.25, 0.3) is 0 Å². The van der Waals surface area contributed by atoms with Crippen LogP contribution in [0.5, 0.6) is 5.75 Å². The molecule has 3 heteroatoms. The Labute approximate surface area is 116 Å². The molecule has 1 aliphatic heterocycles. The van der Waals surface area contributed by atoms with Crippen molar-refractivity contribution in [3.63, 3.8) is 0 Å². The van der Waals surface area contributed by atoms with Crippen molar-refractivity contribution in [3.8, 4) is 5.75 Å². The second-order valence-corrected chi connectivity index (χ2v) is 6.28. The Morgan fingerprint density at radius 3 is 2.68 bits per heavy atom. The van der Waals surface area contributed by atoms with Gasteiger partial charge >= 0.3 is 0 Å². The molecule has 2 rings (SSSR count). The van der Waals surface area contributed by atoms with Gasteiger partial charge in [0.2, 0.25) is 0 Å². The molecular formula is C16H26N2O. The summed E-state index contributed by atoms with van der Waals surface area (Å²) in [5.41, 5.74) is 0.306. The largest absolute Gasteiger partial charge is 0.492 e. The van der Waals surface area contributed by atoms with E-state index in [4.69, 9.17) is 4.74 Å². The number of hydrogen-bond donors (Lipinski definition) is 1. The standard InChI is InChI=1S/C16H26N2O/c1-16(2,3)15-13-17-9-10-18(15)11-12-19-14-7-5-4-6-8-14/h4-8,15,17H,9-13H2,1-3H3. The molecule has 0 saturated carbocycles. The van der Waals surface area contributed by atoms with Crippen LogP contribution in [0, 0.1) is 5.41 Å². The highest BCUT2D eigenvalue weighted by atomic mass is 16.5. The molecule has 0 aliphatic carbocycles. The summed E-state index contributed by atoms with van der Waals surface area (Å²) in [6, 6.07) is 10.6. The molecule has 0 radical (unpaired) electrons. The lowest BCUT2D eigenvalue weighted by Gasteiger charge is -2.43. The minimum atomic E-state index is 0.306. The predicted octanol–water partition coefficient (Wildman–Crippen LogP) is 2.39. The Morgan fingerprint density at radius 2 is 2.00 bits per heavy atom. The van der Waals surface area contributed by atoms with Crippen LogP contribution in [0.15, 0.2) is 30.3 Å². The van der Waals surface area contributed by atoms with E-state index in [0.29, 0.717) is 11.5 Å². The van der Waals surface area contributed by atoms with Crippen molar-refractivity contribution in [2.75, 3.05) is 32.8 Å². The van der Waals surface area contributed by atoms with Crippen molar-refractivity contribution in [1.29, 1.82) is 0 Å². The zero-order valence-electron chi connectivity index (χ0n) is 12.4. The molecule has 3 nitrogen and oxygen atoms in total. The average molecular weight is 262 g/mol. The van der Waals surface area contributed by atoms with Gasteiger partial charge in [0.1, 0.15) is 12.4 Å². The highest BCUT2D eigenvalue weighted by molar-refractivity contribution is 5.20. The number of nitrogens with one attached hydrogen (secondary N) is 1. The summed E-state index contributed by atoms with van der Waals surface area (Å²) in [6.07, 6.45) is 0. The Bertz CT molecular complexity index is 372. The zero-order valence-corrected chi connectivity index (χ0v) is 12.4. The molecule has 1 fully saturated rings. The number of ether oxygens (including phenoxy) is 1. The van der Waals surface area contributed by atoms with Crippen LogP contribution in [0.3, 0.4) is 0 Å². The van der Waals surface area contributed by atoms with E-state index in [0.717, 1.165) is 38.5 Å². The third kappa shape index (κ3) is 4.22. The molecule has 1 heterocycles. The Balaban J connectivity index is 1.83. The molecular weight excluding hydrogens is 236 g/mol. The van der Waals surface area contributed by atoms with E-state index in [1.807, 2.05) is 30.3 Å². The molecule has 106 valence electrons. The van der Waals surface area contributed by atoms with E-state index in [-0.39, 0.29) is 0 Å². The van der Waals surface area contributed by atoms with Crippen LogP contribution in [0.2, 0.25) is 0 Å². The lowest BCUT2D eigenvalue weighted by Crippen LogP contribution is -2.57. The van der Waals surface area contributed by atoms with Gasteiger partial charge in [-0.05, 0) is 17.5 Å². The average Bonchev–Trinajstić information content (AvgIpc) is 2.39. The molecule has 0 amide bonds. The van der Waals surface area contributed by atoms with Gasteiger partial charge in [0.05, 0.1) is 0 Å². The van der Waals surface area contributed by atoms with Crippen molar-refractivity contribution in [3.05, 3.63) is 30.3 Å². The maximum atomic E-state index is 5.81. The van der Waals surface area contributed by atoms with Crippen LogP contribution in [0.25, 0.3) is 0 Å². The highest BCUT2D eigenvalue weighted by Crippen LogP contribution is 2.25. The van der Waals surface area contributed by atoms with Gasteiger partial charge in [0.15, 0.2) is 0 Å². The Hall–Kier alpha value is -1.06. The predicted molar refractivity (Wildman–Crippen MR) is 79.6 cm³/mol. The minimum absolute atomic E-state index is 0.306. The first-order valence-corrected chi connectivity index (χ1v) is 7.20. The van der Waals surface area contributed by atoms with Crippen molar-refractivity contribution < 1.29 is 4.74 Å². The second-order valence-electron chi connectivity index (χ2n) is 6.28. The van der Waals surface area contributed by atoms with E-state index in [1.54, 1.807) is 0 Å². The molecule has 1 unspecified atom stereocenters. The van der Waals surface area contributed by atoms with E-state index >= 15 is 0 Å². The van der Waals surface area contributed by atoms with Gasteiger partial charge in [-0.3, -0.25) is 4.90 Å². The van der Waals surface area contributed by atoms with Crippen molar-refractivity contribution in [2.24, 2.45) is 5.41 Å². The monoisotopic (exact) mass is 262 g/mol. The molecule has 1 aliphatic rings. The number of hydrogen-bond acceptors (Lipinski definition) is 3. The van der Waals surface area contributed by atoms with Crippen LogP contribution in [0.1, 0.15) is 20.8 Å². The smallest absolute Gasteiger partial charge is 0.119 e. The van der Waals surface area contributed by atoms with Crippen LogP contribution in [0.4, 0.5) is 0 Å². The van der Waals surface area contributed by atoms with Gasteiger partial charge in [-0.25, -0.2) is 0 Å². The molecule has 1 atom stereocenters. The topological polar surface area (TPSA) is 24.5 Å². The third-order valence-corrected chi connectivity index (χ3v) is 3.74. The van der Waals surface area contributed by atoms with Crippen molar-refractivity contribution in [1.82, 2.24) is 10.2 Å². The first-order valence-electron chi connectivity index (χ1n) is 7.20. The van der Waals surface area contributed by atoms with Gasteiger partial charge in [-0.15, -0.1) is 0 Å². The van der Waals surface area contributed by atoms with Crippen LogP contribution in [-0.2, 0) is 0 Å². The Morgan fingerprint density at radius 1 is 1.26 bits per heavy atom. The second kappa shape index (κ2) is 6.40. The zero-order chi connectivity index (χ0) is 13.7. The fourth-order valence-electron chi connectivity index (χ4n) is 2.67. The third-order valence-electron chi connectivity index (χ3n) is 3.74. The van der Waals surface area contributed by atoms with Gasteiger partial charge in [-0.2, -0.15) is 0 Å². The van der Waals surface area contributed by atoms with Crippen LogP contribution >= 0.6 is 0 Å². The molecule has 1 saturated heterocycles. The van der Waals surface area contributed by atoms with Gasteiger partial charge in [0, 0.05) is 32.2 Å². The fraction of sp³-hybridized carbons (Fsp3) is 0.625. The molecule has 0 spiro atoms. The number of rotatable bonds is 4. The lowest BCUT2D eigenvalue weighted by atomic mass is 9.84. The van der Waals surface area contributed by atoms with E-state index in [9.17, 15) is 0 Å². The first kappa shape index (κ1) is 14.4. The quantitative estimate of drug-likeness (QED) is 0.901. The number of nitrogens with zero attached hydrogens (tertiary/aromatic N) is 1. The van der Waals surface area contributed by atoms with Crippen LogP contribution < -0.4 is 10.1 Å². The minimum Gasteiger partial charge on any atom is -0.492 e. The Kier molecular flexibility index (Phi) is 4.83. The molecule has 19 heavy (non-hydrogen) atoms. The van der Waals surface area contributed by atoms with E-state index < -0.39 is 0 Å². The normalized spacial score (nSPS) is 21.3. The number of piperazine rings is 1. The highest BCUT2D eigenvalue weighted by Gasteiger charge is 2.31. The summed E-state index contributed by atoms with van der Waals surface area (Å²) in [4.78, 5) is 2.56. The van der Waals surface area contributed by atoms with Crippen LogP contribution in [-0.4, -0.2) is 43.7 Å². The van der Waals surface area contributed by atoms with Crippen molar-refractivity contribution in [2.45, 2.75) is 26.8 Å². The summed E-state index contributed by atoms with van der Waals surface area (Å²) in [5.74, 6) is 0.963. The van der Waals surface area contributed by atoms with Gasteiger partial charge in [-0.1, -0.05) is 39.0 Å². The maximum Gasteiger partial charge on any atom is 0.119 e. The van der Waals surface area contributed by atoms with E-state index in [2.05, 4.69) is 31.0 Å². The molecule has 1 aromatic rings. The summed E-state index contributed by atoms with van der Waals surface area (Å²) in [7, 11) is 0. The SMILES string of the molecule is CC(C)(C)C1CNCCN1CCOc1ccccc1. The summed E-state index contributed by atoms with van der Waals surface area (Å²) in [6.45, 7) is 12.0. The van der Waals surface area contributed by atoms with Gasteiger partial charge < -0.3 is 10.1 Å². The van der Waals surface area contributed by atoms with E-state index in [1.165, 1.54) is 0 Å². The summed E-state index contributed by atoms with van der Waals surface area (Å²) >= 11 is 0. The number of benzene rings is 1. The fourth-order valence-corrected chi connectivity index (χ4v) is 2.67. The first-order chi connectivity index (χ1) is 9.07. The number of para-hydroxylation sites is 1.